The number of halogens is 1. The molecule has 0 atom stereocenters. The lowest BCUT2D eigenvalue weighted by Gasteiger charge is -1.97. The summed E-state index contributed by atoms with van der Waals surface area (Å²) >= 11 is 4.58. The molecule has 6 heteroatoms. The van der Waals surface area contributed by atoms with Crippen LogP contribution in [-0.2, 0) is 18.6 Å². The number of carbonyl (C=O) groups excluding carboxylic acids is 2. The third-order valence-corrected chi connectivity index (χ3v) is 0.738. The first kappa shape index (κ1) is 9.19. The first-order valence-corrected chi connectivity index (χ1v) is 2.59. The molecule has 0 rings (SSSR count). The zero-order chi connectivity index (χ0) is 7.98. The maximum atomic E-state index is 10.1. The molecule has 0 aromatic rings. The number of carbonyl (C=O) groups is 2. The van der Waals surface area contributed by atoms with Gasteiger partial charge in [0, 0.05) is 0 Å². The highest BCUT2D eigenvalue weighted by Gasteiger charge is 2.05. The highest BCUT2D eigenvalue weighted by Crippen LogP contribution is 1.84. The van der Waals surface area contributed by atoms with E-state index in [1.807, 2.05) is 0 Å². The molecule has 0 aromatic carbocycles. The molecule has 0 aromatic heterocycles. The minimum absolute atomic E-state index is 0.580. The van der Waals surface area contributed by atoms with E-state index in [1.165, 1.54) is 0 Å². The van der Waals surface area contributed by atoms with Crippen LogP contribution in [0.5, 0.6) is 0 Å². The van der Waals surface area contributed by atoms with Gasteiger partial charge >= 0.3 is 11.9 Å². The summed E-state index contributed by atoms with van der Waals surface area (Å²) in [6.07, 6.45) is 0. The first-order chi connectivity index (χ1) is 4.70. The lowest BCUT2D eigenvalue weighted by Crippen LogP contribution is -2.15. The average Bonchev–Trinajstić information content (AvgIpc) is 1.99. The molecule has 0 saturated carbocycles. The Morgan fingerprint density at radius 3 is 2.40 bits per heavy atom. The van der Waals surface area contributed by atoms with Crippen LogP contribution in [0, 0.1) is 0 Å². The molecule has 5 nitrogen and oxygen atoms in total. The van der Waals surface area contributed by atoms with Crippen molar-refractivity contribution >= 4 is 23.8 Å². The molecule has 1 N–H and O–H groups in total. The molecule has 0 spiro atoms. The lowest BCUT2D eigenvalue weighted by molar-refractivity contribution is -0.155. The third-order valence-electron chi connectivity index (χ3n) is 0.566. The predicted molar refractivity (Wildman–Crippen MR) is 30.0 cm³/mol. The van der Waals surface area contributed by atoms with Gasteiger partial charge in [-0.2, -0.15) is 0 Å². The van der Waals surface area contributed by atoms with Crippen molar-refractivity contribution in [2.24, 2.45) is 0 Å². The van der Waals surface area contributed by atoms with Crippen LogP contribution in [0.3, 0.4) is 0 Å². The summed E-state index contributed by atoms with van der Waals surface area (Å²) < 4.78 is 7.72. The fourth-order valence-electron chi connectivity index (χ4n) is 0.207. The monoisotopic (exact) mass is 168 g/mol. The molecule has 0 heterocycles. The normalized spacial score (nSPS) is 8.60. The fourth-order valence-corrected chi connectivity index (χ4v) is 0.252. The number of aliphatic hydroxyl groups excluding tert-OH is 1. The molecule has 0 aliphatic heterocycles. The fraction of sp³-hybridized carbons (Fsp3) is 0.500. The van der Waals surface area contributed by atoms with Gasteiger partial charge in [-0.3, -0.25) is 0 Å². The summed E-state index contributed by atoms with van der Waals surface area (Å²) in [5.74, 6) is -1.79. The van der Waals surface area contributed by atoms with E-state index in [1.54, 1.807) is 0 Å². The Morgan fingerprint density at radius 2 is 2.00 bits per heavy atom. The van der Waals surface area contributed by atoms with Crippen molar-refractivity contribution in [3.05, 3.63) is 0 Å². The molecule has 0 saturated heterocycles. The van der Waals surface area contributed by atoms with E-state index in [0.29, 0.717) is 0 Å². The Hall–Kier alpha value is -0.810. The largest absolute Gasteiger partial charge is 0.452 e. The van der Waals surface area contributed by atoms with Crippen molar-refractivity contribution < 1.29 is 23.7 Å². The zero-order valence-corrected chi connectivity index (χ0v) is 5.63. The Balaban J connectivity index is 3.35. The van der Waals surface area contributed by atoms with Crippen LogP contribution in [0.2, 0.25) is 0 Å². The summed E-state index contributed by atoms with van der Waals surface area (Å²) in [6, 6.07) is 0. The van der Waals surface area contributed by atoms with Gasteiger partial charge in [0.15, 0.2) is 6.61 Å². The number of ether oxygens (including phenoxy) is 1. The van der Waals surface area contributed by atoms with Crippen LogP contribution in [0.4, 0.5) is 0 Å². The van der Waals surface area contributed by atoms with Crippen molar-refractivity contribution in [2.45, 2.75) is 0 Å². The lowest BCUT2D eigenvalue weighted by atomic mass is 10.7. The highest BCUT2D eigenvalue weighted by atomic mass is 35.5. The molecule has 0 aliphatic carbocycles. The van der Waals surface area contributed by atoms with Crippen molar-refractivity contribution in [3.8, 4) is 0 Å². The zero-order valence-electron chi connectivity index (χ0n) is 4.87. The van der Waals surface area contributed by atoms with Gasteiger partial charge in [0.2, 0.25) is 0 Å². The maximum Gasteiger partial charge on any atom is 0.362 e. The number of rotatable bonds is 3. The van der Waals surface area contributed by atoms with Gasteiger partial charge in [-0.15, -0.1) is 0 Å². The Morgan fingerprint density at radius 1 is 1.40 bits per heavy atom. The number of aliphatic hydroxyl groups is 1. The van der Waals surface area contributed by atoms with E-state index < -0.39 is 25.2 Å². The second kappa shape index (κ2) is 5.01. The van der Waals surface area contributed by atoms with E-state index in [-0.39, 0.29) is 0 Å². The van der Waals surface area contributed by atoms with Gasteiger partial charge in [0.1, 0.15) is 18.5 Å². The predicted octanol–water partition coefficient (Wildman–Crippen LogP) is -0.781. The number of hydrogen-bond donors (Lipinski definition) is 1. The SMILES string of the molecule is O=C(COC(=O)CO)OCl. The Labute approximate surface area is 61.7 Å². The quantitative estimate of drug-likeness (QED) is 0.560. The molecule has 0 amide bonds. The van der Waals surface area contributed by atoms with E-state index in [4.69, 9.17) is 5.11 Å². The highest BCUT2D eigenvalue weighted by molar-refractivity contribution is 6.13. The summed E-state index contributed by atoms with van der Waals surface area (Å²) in [5, 5.41) is 8.06. The molecular weight excluding hydrogens is 163 g/mol. The number of esters is 1. The van der Waals surface area contributed by atoms with Gasteiger partial charge in [-0.1, -0.05) is 0 Å². The van der Waals surface area contributed by atoms with Gasteiger partial charge in [0.05, 0.1) is 0 Å². The summed E-state index contributed by atoms with van der Waals surface area (Å²) in [7, 11) is 0. The number of hydrogen-bond acceptors (Lipinski definition) is 5. The smallest absolute Gasteiger partial charge is 0.362 e. The average molecular weight is 169 g/mol. The van der Waals surface area contributed by atoms with Gasteiger partial charge in [-0.25, -0.2) is 9.59 Å². The minimum atomic E-state index is -0.901. The molecule has 0 unspecified atom stereocenters. The molecular formula is C4H5ClO5. The van der Waals surface area contributed by atoms with Crippen LogP contribution in [0.25, 0.3) is 0 Å². The van der Waals surface area contributed by atoms with E-state index in [2.05, 4.69) is 20.9 Å². The molecule has 0 aliphatic rings. The Kier molecular flexibility index (Phi) is 4.61. The molecule has 0 radical (unpaired) electrons. The van der Waals surface area contributed by atoms with Crippen molar-refractivity contribution in [3.63, 3.8) is 0 Å². The van der Waals surface area contributed by atoms with Gasteiger partial charge in [0.25, 0.3) is 0 Å². The van der Waals surface area contributed by atoms with Gasteiger partial charge < -0.3 is 14.1 Å². The van der Waals surface area contributed by atoms with Gasteiger partial charge in [-0.05, 0) is 0 Å². The molecule has 0 fully saturated rings. The van der Waals surface area contributed by atoms with E-state index >= 15 is 0 Å². The third kappa shape index (κ3) is 4.11. The van der Waals surface area contributed by atoms with E-state index in [0.717, 1.165) is 0 Å². The van der Waals surface area contributed by atoms with E-state index in [9.17, 15) is 9.59 Å². The second-order valence-corrected chi connectivity index (χ2v) is 1.42. The maximum absolute atomic E-state index is 10.1. The second-order valence-electron chi connectivity index (χ2n) is 1.27. The molecule has 58 valence electrons. The van der Waals surface area contributed by atoms with Crippen molar-refractivity contribution in [2.75, 3.05) is 13.2 Å². The van der Waals surface area contributed by atoms with Crippen LogP contribution >= 0.6 is 11.9 Å². The van der Waals surface area contributed by atoms with Crippen LogP contribution in [-0.4, -0.2) is 30.3 Å². The minimum Gasteiger partial charge on any atom is -0.452 e. The summed E-state index contributed by atoms with van der Waals surface area (Å²) in [5.41, 5.74) is 0. The van der Waals surface area contributed by atoms with Crippen LogP contribution in [0.1, 0.15) is 0 Å². The Bertz CT molecular complexity index is 118. The molecule has 0 bridgehead atoms. The van der Waals surface area contributed by atoms with Crippen molar-refractivity contribution in [1.82, 2.24) is 0 Å². The van der Waals surface area contributed by atoms with Crippen LogP contribution in [0.15, 0.2) is 0 Å². The first-order valence-electron chi connectivity index (χ1n) is 2.28. The van der Waals surface area contributed by atoms with Crippen LogP contribution < -0.4 is 0 Å². The van der Waals surface area contributed by atoms with Crippen molar-refractivity contribution in [1.29, 1.82) is 0 Å². The summed E-state index contributed by atoms with van der Waals surface area (Å²) in [4.78, 5) is 20.2. The standard InChI is InChI=1S/C4H5ClO5/c5-10-4(8)2-9-3(7)1-6/h6H,1-2H2. The molecule has 10 heavy (non-hydrogen) atoms. The topological polar surface area (TPSA) is 72.8 Å². The summed E-state index contributed by atoms with van der Waals surface area (Å²) in [6.45, 7) is -1.35.